The Morgan fingerprint density at radius 3 is 2.53 bits per heavy atom. The molecular formula is C13H25NO. The lowest BCUT2D eigenvalue weighted by atomic mass is 9.56. The van der Waals surface area contributed by atoms with Crippen LogP contribution in [0.5, 0.6) is 0 Å². The summed E-state index contributed by atoms with van der Waals surface area (Å²) in [6, 6.07) is 0. The topological polar surface area (TPSA) is 29.4 Å². The van der Waals surface area contributed by atoms with Crippen LogP contribution in [0, 0.1) is 16.2 Å². The molecule has 0 bridgehead atoms. The van der Waals surface area contributed by atoms with Gasteiger partial charge in [-0.2, -0.15) is 4.91 Å². The Morgan fingerprint density at radius 2 is 2.07 bits per heavy atom. The number of nitroso groups, excluding NO2 is 1. The lowest BCUT2D eigenvalue weighted by molar-refractivity contribution is 0.0194. The zero-order chi connectivity index (χ0) is 11.1. The predicted molar refractivity (Wildman–Crippen MR) is 64.9 cm³/mol. The van der Waals surface area contributed by atoms with Crippen LogP contribution in [-0.2, 0) is 0 Å². The predicted octanol–water partition coefficient (Wildman–Crippen LogP) is 4.53. The smallest absolute Gasteiger partial charge is 0.0844 e. The van der Waals surface area contributed by atoms with Gasteiger partial charge in [-0.15, -0.1) is 0 Å². The van der Waals surface area contributed by atoms with E-state index in [0.717, 1.165) is 0 Å². The highest BCUT2D eigenvalue weighted by Crippen LogP contribution is 2.52. The van der Waals surface area contributed by atoms with Crippen molar-refractivity contribution >= 4 is 0 Å². The fraction of sp³-hybridized carbons (Fsp3) is 1.00. The zero-order valence-electron chi connectivity index (χ0n) is 10.3. The van der Waals surface area contributed by atoms with Crippen LogP contribution in [0.4, 0.5) is 0 Å². The Kier molecular flexibility index (Phi) is 5.27. The van der Waals surface area contributed by atoms with E-state index in [1.807, 2.05) is 0 Å². The van der Waals surface area contributed by atoms with Crippen molar-refractivity contribution in [3.8, 4) is 0 Å². The molecule has 2 unspecified atom stereocenters. The second-order valence-electron chi connectivity index (χ2n) is 5.07. The number of hydrogen-bond donors (Lipinski definition) is 0. The molecule has 2 heteroatoms. The maximum Gasteiger partial charge on any atom is 0.0844 e. The number of rotatable bonds is 8. The maximum atomic E-state index is 10.3. The molecule has 0 aromatic carbocycles. The van der Waals surface area contributed by atoms with Crippen molar-refractivity contribution in [1.29, 1.82) is 0 Å². The van der Waals surface area contributed by atoms with Gasteiger partial charge in [-0.25, -0.2) is 0 Å². The summed E-state index contributed by atoms with van der Waals surface area (Å²) in [6.07, 6.45) is 10.5. The van der Waals surface area contributed by atoms with E-state index in [1.165, 1.54) is 51.4 Å². The van der Waals surface area contributed by atoms with E-state index >= 15 is 0 Å². The first kappa shape index (κ1) is 12.7. The Balaban J connectivity index is 2.30. The van der Waals surface area contributed by atoms with Crippen molar-refractivity contribution < 1.29 is 0 Å². The second-order valence-corrected chi connectivity index (χ2v) is 5.07. The standard InChI is InChI=1S/C13H25NO/c1-3-5-6-7-9-13(4-2)10-8-12(13)11-14-15/h12H,3-11H2,1-2H3. The van der Waals surface area contributed by atoms with E-state index in [2.05, 4.69) is 19.0 Å². The van der Waals surface area contributed by atoms with Crippen LogP contribution in [-0.4, -0.2) is 6.54 Å². The molecule has 0 N–H and O–H groups in total. The van der Waals surface area contributed by atoms with Crippen molar-refractivity contribution in [2.75, 3.05) is 6.54 Å². The normalized spacial score (nSPS) is 29.9. The van der Waals surface area contributed by atoms with Gasteiger partial charge in [-0.3, -0.25) is 0 Å². The highest BCUT2D eigenvalue weighted by molar-refractivity contribution is 4.95. The average molecular weight is 211 g/mol. The Bertz CT molecular complexity index is 189. The Morgan fingerprint density at radius 1 is 1.27 bits per heavy atom. The highest BCUT2D eigenvalue weighted by Gasteiger charge is 2.44. The summed E-state index contributed by atoms with van der Waals surface area (Å²) in [5, 5.41) is 3.10. The van der Waals surface area contributed by atoms with Gasteiger partial charge in [0.15, 0.2) is 0 Å². The molecule has 2 nitrogen and oxygen atoms in total. The van der Waals surface area contributed by atoms with Crippen LogP contribution in [0.1, 0.15) is 65.2 Å². The first-order valence-electron chi connectivity index (χ1n) is 6.58. The number of nitrogens with zero attached hydrogens (tertiary/aromatic N) is 1. The van der Waals surface area contributed by atoms with Gasteiger partial charge in [0, 0.05) is 0 Å². The molecular weight excluding hydrogens is 186 g/mol. The molecule has 0 aliphatic heterocycles. The molecule has 88 valence electrons. The number of hydrogen-bond acceptors (Lipinski definition) is 2. The summed E-state index contributed by atoms with van der Waals surface area (Å²) < 4.78 is 0. The van der Waals surface area contributed by atoms with Gasteiger partial charge in [0.1, 0.15) is 0 Å². The lowest BCUT2D eigenvalue weighted by Gasteiger charge is -2.49. The van der Waals surface area contributed by atoms with E-state index in [9.17, 15) is 4.91 Å². The van der Waals surface area contributed by atoms with Gasteiger partial charge in [0.05, 0.1) is 6.54 Å². The van der Waals surface area contributed by atoms with Gasteiger partial charge < -0.3 is 0 Å². The van der Waals surface area contributed by atoms with Crippen molar-refractivity contribution in [3.63, 3.8) is 0 Å². The first-order chi connectivity index (χ1) is 7.29. The summed E-state index contributed by atoms with van der Waals surface area (Å²) in [5.41, 5.74) is 0.488. The maximum absolute atomic E-state index is 10.3. The van der Waals surface area contributed by atoms with Crippen molar-refractivity contribution in [3.05, 3.63) is 4.91 Å². The van der Waals surface area contributed by atoms with Gasteiger partial charge in [-0.05, 0) is 30.6 Å². The van der Waals surface area contributed by atoms with Gasteiger partial charge in [-0.1, -0.05) is 51.1 Å². The minimum Gasteiger partial charge on any atom is -0.151 e. The van der Waals surface area contributed by atoms with Crippen LogP contribution in [0.2, 0.25) is 0 Å². The van der Waals surface area contributed by atoms with E-state index in [4.69, 9.17) is 0 Å². The molecule has 1 aliphatic rings. The third-order valence-electron chi connectivity index (χ3n) is 4.38. The summed E-state index contributed by atoms with van der Waals surface area (Å²) >= 11 is 0. The molecule has 0 aromatic rings. The molecule has 1 aliphatic carbocycles. The molecule has 1 saturated carbocycles. The van der Waals surface area contributed by atoms with Gasteiger partial charge >= 0.3 is 0 Å². The average Bonchev–Trinajstić information content (AvgIpc) is 2.25. The largest absolute Gasteiger partial charge is 0.151 e. The quantitative estimate of drug-likeness (QED) is 0.428. The lowest BCUT2D eigenvalue weighted by Crippen LogP contribution is -2.41. The summed E-state index contributed by atoms with van der Waals surface area (Å²) in [5.74, 6) is 0.599. The van der Waals surface area contributed by atoms with Crippen LogP contribution in [0.25, 0.3) is 0 Å². The van der Waals surface area contributed by atoms with Gasteiger partial charge in [0.2, 0.25) is 0 Å². The molecule has 0 radical (unpaired) electrons. The molecule has 0 aromatic heterocycles. The minimum absolute atomic E-state index is 0.488. The molecule has 15 heavy (non-hydrogen) atoms. The third kappa shape index (κ3) is 3.02. The van der Waals surface area contributed by atoms with Crippen LogP contribution in [0.3, 0.4) is 0 Å². The summed E-state index contributed by atoms with van der Waals surface area (Å²) in [6.45, 7) is 5.08. The molecule has 0 amide bonds. The molecule has 0 spiro atoms. The zero-order valence-corrected chi connectivity index (χ0v) is 10.3. The van der Waals surface area contributed by atoms with Crippen LogP contribution in [0.15, 0.2) is 5.18 Å². The second kappa shape index (κ2) is 6.24. The Hall–Kier alpha value is -0.400. The first-order valence-corrected chi connectivity index (χ1v) is 6.58. The summed E-state index contributed by atoms with van der Waals surface area (Å²) in [4.78, 5) is 10.3. The van der Waals surface area contributed by atoms with Crippen LogP contribution < -0.4 is 0 Å². The van der Waals surface area contributed by atoms with E-state index < -0.39 is 0 Å². The molecule has 1 fully saturated rings. The Labute approximate surface area is 93.8 Å². The van der Waals surface area contributed by atoms with Crippen LogP contribution >= 0.6 is 0 Å². The highest BCUT2D eigenvalue weighted by atomic mass is 16.3. The molecule has 0 heterocycles. The monoisotopic (exact) mass is 211 g/mol. The molecule has 1 rings (SSSR count). The minimum atomic E-state index is 0.488. The van der Waals surface area contributed by atoms with Crippen molar-refractivity contribution in [2.45, 2.75) is 65.2 Å². The van der Waals surface area contributed by atoms with Gasteiger partial charge in [0.25, 0.3) is 0 Å². The third-order valence-corrected chi connectivity index (χ3v) is 4.38. The van der Waals surface area contributed by atoms with E-state index in [0.29, 0.717) is 17.9 Å². The fourth-order valence-corrected chi connectivity index (χ4v) is 3.01. The molecule has 2 atom stereocenters. The fourth-order valence-electron chi connectivity index (χ4n) is 3.01. The SMILES string of the molecule is CCCCCCC1(CC)CCC1CN=O. The molecule has 0 saturated heterocycles. The van der Waals surface area contributed by atoms with Crippen molar-refractivity contribution in [1.82, 2.24) is 0 Å². The van der Waals surface area contributed by atoms with E-state index in [-0.39, 0.29) is 0 Å². The number of unbranched alkanes of at least 4 members (excludes halogenated alkanes) is 3. The summed E-state index contributed by atoms with van der Waals surface area (Å²) in [7, 11) is 0. The van der Waals surface area contributed by atoms with E-state index in [1.54, 1.807) is 0 Å². The van der Waals surface area contributed by atoms with Crippen molar-refractivity contribution in [2.24, 2.45) is 16.5 Å².